The summed E-state index contributed by atoms with van der Waals surface area (Å²) in [4.78, 5) is 8.99. The quantitative estimate of drug-likeness (QED) is 0.809. The van der Waals surface area contributed by atoms with Crippen LogP contribution in [0.4, 0.5) is 10.2 Å². The maximum Gasteiger partial charge on any atom is 0.151 e. The van der Waals surface area contributed by atoms with E-state index >= 15 is 0 Å². The minimum atomic E-state index is -2.75. The summed E-state index contributed by atoms with van der Waals surface area (Å²) in [5, 5.41) is 0. The fourth-order valence-corrected chi connectivity index (χ4v) is 6.97. The fraction of sp³-hybridized carbons (Fsp3) is 0.706. The van der Waals surface area contributed by atoms with Gasteiger partial charge in [0.2, 0.25) is 0 Å². The third-order valence-corrected chi connectivity index (χ3v) is 7.92. The summed E-state index contributed by atoms with van der Waals surface area (Å²) in [6, 6.07) is 2.07. The van der Waals surface area contributed by atoms with Gasteiger partial charge in [-0.3, -0.25) is 4.90 Å². The number of rotatable bonds is 2. The van der Waals surface area contributed by atoms with Gasteiger partial charge < -0.3 is 4.90 Å². The zero-order valence-corrected chi connectivity index (χ0v) is 14.9. The highest BCUT2D eigenvalue weighted by molar-refractivity contribution is 7.92. The second kappa shape index (κ2) is 5.66. The highest BCUT2D eigenvalue weighted by atomic mass is 32.2. The van der Waals surface area contributed by atoms with Crippen molar-refractivity contribution in [2.45, 2.75) is 32.2 Å². The lowest BCUT2D eigenvalue weighted by Crippen LogP contribution is -2.52. The van der Waals surface area contributed by atoms with Crippen molar-refractivity contribution >= 4 is 15.7 Å². The molecular weight excluding hydrogens is 329 g/mol. The molecule has 4 heterocycles. The van der Waals surface area contributed by atoms with Crippen LogP contribution in [0.3, 0.4) is 0 Å². The van der Waals surface area contributed by atoms with Gasteiger partial charge in [0, 0.05) is 31.1 Å². The van der Waals surface area contributed by atoms with Crippen LogP contribution in [0, 0.1) is 18.2 Å². The first-order valence-electron chi connectivity index (χ1n) is 8.67. The molecule has 3 fully saturated rings. The molecule has 0 unspecified atom stereocenters. The Labute approximate surface area is 142 Å². The smallest absolute Gasteiger partial charge is 0.151 e. The molecule has 7 heteroatoms. The first-order valence-corrected chi connectivity index (χ1v) is 10.5. The molecule has 3 aliphatic heterocycles. The predicted molar refractivity (Wildman–Crippen MR) is 91.4 cm³/mol. The molecule has 0 radical (unpaired) electrons. The number of aromatic nitrogens is 1. The maximum absolute atomic E-state index is 13.2. The van der Waals surface area contributed by atoms with Gasteiger partial charge >= 0.3 is 0 Å². The van der Waals surface area contributed by atoms with Crippen molar-refractivity contribution < 1.29 is 12.8 Å². The number of hydrogen-bond donors (Lipinski definition) is 0. The molecule has 132 valence electrons. The van der Waals surface area contributed by atoms with Crippen LogP contribution in [0.1, 0.15) is 24.8 Å². The minimum Gasteiger partial charge on any atom is -0.356 e. The normalized spacial score (nSPS) is 26.7. The molecular formula is C17H24FN3O2S. The Balaban J connectivity index is 1.35. The zero-order chi connectivity index (χ0) is 16.9. The van der Waals surface area contributed by atoms with Crippen molar-refractivity contribution in [1.82, 2.24) is 9.88 Å². The Morgan fingerprint density at radius 3 is 2.58 bits per heavy atom. The molecule has 1 spiro atoms. The summed E-state index contributed by atoms with van der Waals surface area (Å²) < 4.78 is 36.3. The number of likely N-dealkylation sites (tertiary alicyclic amines) is 1. The van der Waals surface area contributed by atoms with Crippen LogP contribution < -0.4 is 4.90 Å². The van der Waals surface area contributed by atoms with Gasteiger partial charge in [-0.2, -0.15) is 0 Å². The van der Waals surface area contributed by atoms with Gasteiger partial charge in [0.25, 0.3) is 0 Å². The van der Waals surface area contributed by atoms with Crippen molar-refractivity contribution in [3.8, 4) is 0 Å². The number of halogens is 1. The van der Waals surface area contributed by atoms with E-state index < -0.39 is 9.84 Å². The van der Waals surface area contributed by atoms with Crippen molar-refractivity contribution in [1.29, 1.82) is 0 Å². The van der Waals surface area contributed by atoms with E-state index in [4.69, 9.17) is 0 Å². The van der Waals surface area contributed by atoms with Crippen LogP contribution in [0.15, 0.2) is 12.3 Å². The summed E-state index contributed by atoms with van der Waals surface area (Å²) in [6.07, 6.45) is 4.42. The van der Waals surface area contributed by atoms with Gasteiger partial charge in [-0.1, -0.05) is 0 Å². The highest BCUT2D eigenvalue weighted by Crippen LogP contribution is 2.42. The molecule has 24 heavy (non-hydrogen) atoms. The number of anilines is 1. The van der Waals surface area contributed by atoms with Crippen LogP contribution in [-0.2, 0) is 9.84 Å². The largest absolute Gasteiger partial charge is 0.356 e. The van der Waals surface area contributed by atoms with Gasteiger partial charge in [-0.05, 0) is 44.4 Å². The van der Waals surface area contributed by atoms with E-state index in [1.54, 1.807) is 0 Å². The average molecular weight is 353 g/mol. The molecule has 5 nitrogen and oxygen atoms in total. The third kappa shape index (κ3) is 2.92. The average Bonchev–Trinajstić information content (AvgIpc) is 2.91. The molecule has 0 aliphatic carbocycles. The number of nitrogens with zero attached hydrogens (tertiary/aromatic N) is 3. The lowest BCUT2D eigenvalue weighted by molar-refractivity contribution is 0.185. The Hall–Kier alpha value is -1.21. The summed E-state index contributed by atoms with van der Waals surface area (Å²) in [5.41, 5.74) is 0.929. The highest BCUT2D eigenvalue weighted by Gasteiger charge is 2.52. The Kier molecular flexibility index (Phi) is 3.84. The van der Waals surface area contributed by atoms with Gasteiger partial charge in [-0.25, -0.2) is 17.8 Å². The van der Waals surface area contributed by atoms with Gasteiger partial charge in [0.1, 0.15) is 11.6 Å². The third-order valence-electron chi connectivity index (χ3n) is 5.82. The topological polar surface area (TPSA) is 53.5 Å². The second-order valence-electron chi connectivity index (χ2n) is 7.76. The van der Waals surface area contributed by atoms with E-state index in [1.165, 1.54) is 12.3 Å². The number of hydrogen-bond acceptors (Lipinski definition) is 5. The predicted octanol–water partition coefficient (Wildman–Crippen LogP) is 1.62. The Bertz CT molecular complexity index is 732. The molecule has 3 saturated heterocycles. The van der Waals surface area contributed by atoms with E-state index in [0.717, 1.165) is 56.8 Å². The van der Waals surface area contributed by atoms with Crippen LogP contribution in [-0.4, -0.2) is 62.0 Å². The van der Waals surface area contributed by atoms with Crippen LogP contribution in [0.25, 0.3) is 0 Å². The summed E-state index contributed by atoms with van der Waals surface area (Å²) in [5.74, 6) is 1.36. The van der Waals surface area contributed by atoms with Crippen molar-refractivity contribution in [3.05, 3.63) is 23.6 Å². The molecule has 1 aromatic rings. The van der Waals surface area contributed by atoms with Crippen LogP contribution >= 0.6 is 0 Å². The lowest BCUT2D eigenvalue weighted by atomic mass is 9.91. The maximum atomic E-state index is 13.2. The molecule has 0 aromatic carbocycles. The van der Waals surface area contributed by atoms with E-state index in [-0.39, 0.29) is 11.2 Å². The second-order valence-corrected chi connectivity index (χ2v) is 9.83. The minimum absolute atomic E-state index is 0.0467. The molecule has 0 saturated carbocycles. The first kappa shape index (κ1) is 16.3. The zero-order valence-electron chi connectivity index (χ0n) is 14.0. The standard InChI is InChI=1S/C17H24FN3O2S/c1-13-8-14(18)9-19-16(13)20-5-2-15(3-6-20)21-7-4-17(10-21)11-24(22,23)12-17/h8-9,15H,2-7,10-12H2,1H3. The number of aryl methyl sites for hydroxylation is 1. The van der Waals surface area contributed by atoms with E-state index in [2.05, 4.69) is 14.8 Å². The lowest BCUT2D eigenvalue weighted by Gasteiger charge is -2.41. The van der Waals surface area contributed by atoms with E-state index in [0.29, 0.717) is 17.5 Å². The first-order chi connectivity index (χ1) is 11.4. The molecule has 3 aliphatic rings. The Morgan fingerprint density at radius 2 is 1.96 bits per heavy atom. The van der Waals surface area contributed by atoms with Gasteiger partial charge in [0.05, 0.1) is 17.7 Å². The van der Waals surface area contributed by atoms with Crippen molar-refractivity contribution in [2.24, 2.45) is 5.41 Å². The van der Waals surface area contributed by atoms with Crippen LogP contribution in [0.5, 0.6) is 0 Å². The van der Waals surface area contributed by atoms with E-state index in [9.17, 15) is 12.8 Å². The van der Waals surface area contributed by atoms with Gasteiger partial charge in [-0.15, -0.1) is 0 Å². The Morgan fingerprint density at radius 1 is 1.25 bits per heavy atom. The fourth-order valence-electron chi connectivity index (χ4n) is 4.71. The summed E-state index contributed by atoms with van der Waals surface area (Å²) in [6.45, 7) is 5.70. The van der Waals surface area contributed by atoms with Crippen LogP contribution in [0.2, 0.25) is 0 Å². The number of sulfone groups is 1. The number of piperidine rings is 1. The SMILES string of the molecule is Cc1cc(F)cnc1N1CCC(N2CCC3(C2)CS(=O)(=O)C3)CC1. The van der Waals surface area contributed by atoms with Crippen molar-refractivity contribution in [2.75, 3.05) is 42.6 Å². The molecule has 4 rings (SSSR count). The van der Waals surface area contributed by atoms with Gasteiger partial charge in [0.15, 0.2) is 9.84 Å². The van der Waals surface area contributed by atoms with E-state index in [1.807, 2.05) is 6.92 Å². The molecule has 0 atom stereocenters. The molecule has 0 amide bonds. The molecule has 1 aromatic heterocycles. The number of pyridine rings is 1. The summed E-state index contributed by atoms with van der Waals surface area (Å²) in [7, 11) is -2.75. The summed E-state index contributed by atoms with van der Waals surface area (Å²) >= 11 is 0. The monoisotopic (exact) mass is 353 g/mol. The molecule has 0 N–H and O–H groups in total. The molecule has 0 bridgehead atoms. The van der Waals surface area contributed by atoms with Crippen molar-refractivity contribution in [3.63, 3.8) is 0 Å².